The van der Waals surface area contributed by atoms with Crippen LogP contribution in [0.1, 0.15) is 32.8 Å². The highest BCUT2D eigenvalue weighted by atomic mass is 14.8. The second kappa shape index (κ2) is 4.46. The SMILES string of the molecule is CCC(N)(c1cnc2ccccc2c1)C(C)C. The molecule has 0 fully saturated rings. The largest absolute Gasteiger partial charge is 0.321 e. The van der Waals surface area contributed by atoms with E-state index in [1.807, 2.05) is 24.4 Å². The zero-order chi connectivity index (χ0) is 12.5. The molecule has 0 saturated heterocycles. The number of pyridine rings is 1. The van der Waals surface area contributed by atoms with Crippen LogP contribution in [0.4, 0.5) is 0 Å². The Hall–Kier alpha value is -1.41. The molecule has 1 aromatic carbocycles. The number of hydrogen-bond acceptors (Lipinski definition) is 2. The van der Waals surface area contributed by atoms with Crippen molar-refractivity contribution < 1.29 is 0 Å². The van der Waals surface area contributed by atoms with E-state index >= 15 is 0 Å². The Labute approximate surface area is 103 Å². The molecule has 2 nitrogen and oxygen atoms in total. The summed E-state index contributed by atoms with van der Waals surface area (Å²) in [4.78, 5) is 4.50. The molecule has 0 spiro atoms. The van der Waals surface area contributed by atoms with Gasteiger partial charge in [-0.15, -0.1) is 0 Å². The Bertz CT molecular complexity index is 519. The minimum atomic E-state index is -0.281. The normalized spacial score (nSPS) is 15.1. The summed E-state index contributed by atoms with van der Waals surface area (Å²) in [6.45, 7) is 6.46. The Morgan fingerprint density at radius 2 is 2.00 bits per heavy atom. The highest BCUT2D eigenvalue weighted by Crippen LogP contribution is 2.31. The molecule has 0 aliphatic carbocycles. The van der Waals surface area contributed by atoms with E-state index in [-0.39, 0.29) is 5.54 Å². The maximum Gasteiger partial charge on any atom is 0.0702 e. The summed E-state index contributed by atoms with van der Waals surface area (Å²) >= 11 is 0. The van der Waals surface area contributed by atoms with Gasteiger partial charge in [0.25, 0.3) is 0 Å². The fraction of sp³-hybridized carbons (Fsp3) is 0.400. The van der Waals surface area contributed by atoms with Gasteiger partial charge in [0, 0.05) is 17.1 Å². The van der Waals surface area contributed by atoms with Gasteiger partial charge >= 0.3 is 0 Å². The van der Waals surface area contributed by atoms with Gasteiger partial charge in [0.05, 0.1) is 5.52 Å². The van der Waals surface area contributed by atoms with Crippen molar-refractivity contribution in [2.24, 2.45) is 11.7 Å². The number of aromatic nitrogens is 1. The standard InChI is InChI=1S/C15H20N2/c1-4-15(16,11(2)3)13-9-12-7-5-6-8-14(12)17-10-13/h5-11H,4,16H2,1-3H3. The van der Waals surface area contributed by atoms with E-state index in [1.54, 1.807) is 0 Å². The molecule has 0 aliphatic heterocycles. The Balaban J connectivity index is 2.55. The average Bonchev–Trinajstić information content (AvgIpc) is 2.37. The summed E-state index contributed by atoms with van der Waals surface area (Å²) in [5.74, 6) is 0.399. The Morgan fingerprint density at radius 3 is 2.65 bits per heavy atom. The first-order valence-electron chi connectivity index (χ1n) is 6.22. The monoisotopic (exact) mass is 228 g/mol. The van der Waals surface area contributed by atoms with Crippen LogP contribution in [0.5, 0.6) is 0 Å². The highest BCUT2D eigenvalue weighted by molar-refractivity contribution is 5.79. The first-order valence-corrected chi connectivity index (χ1v) is 6.22. The van der Waals surface area contributed by atoms with Crippen molar-refractivity contribution >= 4 is 10.9 Å². The van der Waals surface area contributed by atoms with Gasteiger partial charge in [0.1, 0.15) is 0 Å². The number of para-hydroxylation sites is 1. The van der Waals surface area contributed by atoms with E-state index in [0.717, 1.165) is 22.9 Å². The second-order valence-corrected chi connectivity index (χ2v) is 4.97. The van der Waals surface area contributed by atoms with Crippen molar-refractivity contribution in [2.75, 3.05) is 0 Å². The molecule has 1 aromatic heterocycles. The molecule has 2 rings (SSSR count). The van der Waals surface area contributed by atoms with E-state index in [1.165, 1.54) is 0 Å². The average molecular weight is 228 g/mol. The van der Waals surface area contributed by atoms with Gasteiger partial charge in [-0.25, -0.2) is 0 Å². The van der Waals surface area contributed by atoms with E-state index < -0.39 is 0 Å². The lowest BCUT2D eigenvalue weighted by molar-refractivity contribution is 0.305. The van der Waals surface area contributed by atoms with Crippen LogP contribution >= 0.6 is 0 Å². The minimum absolute atomic E-state index is 0.281. The summed E-state index contributed by atoms with van der Waals surface area (Å²) in [5.41, 5.74) is 8.39. The highest BCUT2D eigenvalue weighted by Gasteiger charge is 2.29. The fourth-order valence-electron chi connectivity index (χ4n) is 2.27. The van der Waals surface area contributed by atoms with Gasteiger partial charge in [0.15, 0.2) is 0 Å². The number of nitrogens with zero attached hydrogens (tertiary/aromatic N) is 1. The van der Waals surface area contributed by atoms with Crippen molar-refractivity contribution in [3.05, 3.63) is 42.1 Å². The molecule has 0 aliphatic rings. The van der Waals surface area contributed by atoms with Crippen LogP contribution in [-0.2, 0) is 5.54 Å². The summed E-state index contributed by atoms with van der Waals surface area (Å²) in [6, 6.07) is 10.3. The molecule has 1 heterocycles. The van der Waals surface area contributed by atoms with Crippen LogP contribution < -0.4 is 5.73 Å². The molecule has 0 amide bonds. The van der Waals surface area contributed by atoms with Gasteiger partial charge in [0.2, 0.25) is 0 Å². The van der Waals surface area contributed by atoms with Gasteiger partial charge in [-0.1, -0.05) is 39.0 Å². The van der Waals surface area contributed by atoms with Crippen LogP contribution in [0.15, 0.2) is 36.5 Å². The molecule has 1 unspecified atom stereocenters. The topological polar surface area (TPSA) is 38.9 Å². The molecule has 0 radical (unpaired) electrons. The number of benzene rings is 1. The molecule has 2 N–H and O–H groups in total. The quantitative estimate of drug-likeness (QED) is 0.873. The lowest BCUT2D eigenvalue weighted by atomic mass is 9.79. The van der Waals surface area contributed by atoms with Crippen molar-refractivity contribution in [3.8, 4) is 0 Å². The summed E-state index contributed by atoms with van der Waals surface area (Å²) in [6.07, 6.45) is 2.84. The Kier molecular flexibility index (Phi) is 3.16. The molecule has 2 aromatic rings. The molecular weight excluding hydrogens is 208 g/mol. The van der Waals surface area contributed by atoms with E-state index in [2.05, 4.69) is 37.9 Å². The molecule has 0 bridgehead atoms. The Morgan fingerprint density at radius 1 is 1.29 bits per heavy atom. The zero-order valence-electron chi connectivity index (χ0n) is 10.8. The summed E-state index contributed by atoms with van der Waals surface area (Å²) in [5, 5.41) is 1.16. The van der Waals surface area contributed by atoms with Crippen LogP contribution in [0.2, 0.25) is 0 Å². The van der Waals surface area contributed by atoms with Crippen molar-refractivity contribution in [1.82, 2.24) is 4.98 Å². The number of rotatable bonds is 3. The van der Waals surface area contributed by atoms with Gasteiger partial charge in [-0.05, 0) is 30.0 Å². The second-order valence-electron chi connectivity index (χ2n) is 4.97. The van der Waals surface area contributed by atoms with Gasteiger partial charge < -0.3 is 5.73 Å². The molecular formula is C15H20N2. The van der Waals surface area contributed by atoms with E-state index in [9.17, 15) is 0 Å². The van der Waals surface area contributed by atoms with Crippen molar-refractivity contribution in [1.29, 1.82) is 0 Å². The van der Waals surface area contributed by atoms with E-state index in [0.29, 0.717) is 5.92 Å². The fourth-order valence-corrected chi connectivity index (χ4v) is 2.27. The third-order valence-electron chi connectivity index (χ3n) is 3.74. The first kappa shape index (κ1) is 12.1. The van der Waals surface area contributed by atoms with Gasteiger partial charge in [-0.3, -0.25) is 4.98 Å². The molecule has 17 heavy (non-hydrogen) atoms. The predicted octanol–water partition coefficient (Wildman–Crippen LogP) is 3.45. The molecule has 2 heteroatoms. The van der Waals surface area contributed by atoms with E-state index in [4.69, 9.17) is 5.73 Å². The van der Waals surface area contributed by atoms with Gasteiger partial charge in [-0.2, -0.15) is 0 Å². The van der Waals surface area contributed by atoms with Crippen molar-refractivity contribution in [3.63, 3.8) is 0 Å². The third kappa shape index (κ3) is 2.05. The van der Waals surface area contributed by atoms with Crippen LogP contribution in [0, 0.1) is 5.92 Å². The predicted molar refractivity (Wildman–Crippen MR) is 72.7 cm³/mol. The smallest absolute Gasteiger partial charge is 0.0702 e. The lowest BCUT2D eigenvalue weighted by Gasteiger charge is -2.33. The maximum atomic E-state index is 6.51. The lowest BCUT2D eigenvalue weighted by Crippen LogP contribution is -2.41. The summed E-state index contributed by atoms with van der Waals surface area (Å²) < 4.78 is 0. The molecule has 1 atom stereocenters. The number of hydrogen-bond donors (Lipinski definition) is 1. The zero-order valence-corrected chi connectivity index (χ0v) is 10.8. The number of nitrogens with two attached hydrogens (primary N) is 1. The van der Waals surface area contributed by atoms with Crippen molar-refractivity contribution in [2.45, 2.75) is 32.7 Å². The maximum absolute atomic E-state index is 6.51. The molecule has 0 saturated carbocycles. The minimum Gasteiger partial charge on any atom is -0.321 e. The van der Waals surface area contributed by atoms with Crippen LogP contribution in [-0.4, -0.2) is 4.98 Å². The first-order chi connectivity index (χ1) is 8.08. The number of fused-ring (bicyclic) bond motifs is 1. The molecule has 90 valence electrons. The van der Waals surface area contributed by atoms with Crippen LogP contribution in [0.3, 0.4) is 0 Å². The third-order valence-corrected chi connectivity index (χ3v) is 3.74. The summed E-state index contributed by atoms with van der Waals surface area (Å²) in [7, 11) is 0. The van der Waals surface area contributed by atoms with Crippen LogP contribution in [0.25, 0.3) is 10.9 Å².